The number of likely N-dealkylation sites (N-methyl/N-ethyl adjacent to an activating group) is 1. The van der Waals surface area contributed by atoms with Crippen molar-refractivity contribution in [1.29, 1.82) is 0 Å². The number of benzene rings is 1. The number of aryl methyl sites for hydroxylation is 1. The van der Waals surface area contributed by atoms with Crippen LogP contribution < -0.4 is 4.90 Å². The second kappa shape index (κ2) is 4.28. The molecule has 1 aliphatic rings. The summed E-state index contributed by atoms with van der Waals surface area (Å²) in [5, 5.41) is 1.02. The first-order valence-electron chi connectivity index (χ1n) is 6.33. The van der Waals surface area contributed by atoms with Crippen molar-refractivity contribution in [2.75, 3.05) is 38.1 Å². The molecule has 2 aromatic rings. The van der Waals surface area contributed by atoms with Crippen molar-refractivity contribution in [3.63, 3.8) is 0 Å². The van der Waals surface area contributed by atoms with Crippen molar-refractivity contribution >= 4 is 16.6 Å². The van der Waals surface area contributed by atoms with E-state index in [1.807, 2.05) is 13.1 Å². The van der Waals surface area contributed by atoms with E-state index in [-0.39, 0.29) is 5.82 Å². The summed E-state index contributed by atoms with van der Waals surface area (Å²) in [7, 11) is 4.15. The van der Waals surface area contributed by atoms with Gasteiger partial charge in [0.15, 0.2) is 0 Å². The SMILES string of the molecule is CN1CCN(c2cn(C)c3ccc(F)cc23)CC1. The number of anilines is 1. The fourth-order valence-electron chi connectivity index (χ4n) is 2.64. The van der Waals surface area contributed by atoms with Crippen LogP contribution in [0, 0.1) is 5.82 Å². The van der Waals surface area contributed by atoms with Crippen LogP contribution in [0.15, 0.2) is 24.4 Å². The molecule has 0 atom stereocenters. The molecule has 0 unspecified atom stereocenters. The topological polar surface area (TPSA) is 11.4 Å². The Morgan fingerprint density at radius 3 is 2.50 bits per heavy atom. The van der Waals surface area contributed by atoms with Gasteiger partial charge in [-0.1, -0.05) is 0 Å². The van der Waals surface area contributed by atoms with Crippen LogP contribution in [0.4, 0.5) is 10.1 Å². The standard InChI is InChI=1S/C14H18FN3/c1-16-5-7-18(8-6-16)14-10-17(2)13-4-3-11(15)9-12(13)14/h3-4,9-10H,5-8H2,1-2H3. The Bertz CT molecular complexity index is 568. The molecular formula is C14H18FN3. The molecular weight excluding hydrogens is 229 g/mol. The fraction of sp³-hybridized carbons (Fsp3) is 0.429. The quantitative estimate of drug-likeness (QED) is 0.764. The summed E-state index contributed by atoms with van der Waals surface area (Å²) < 4.78 is 15.5. The minimum atomic E-state index is -0.163. The van der Waals surface area contributed by atoms with E-state index in [0.29, 0.717) is 0 Å². The van der Waals surface area contributed by atoms with Gasteiger partial charge < -0.3 is 14.4 Å². The van der Waals surface area contributed by atoms with Gasteiger partial charge in [0.25, 0.3) is 0 Å². The number of nitrogens with zero attached hydrogens (tertiary/aromatic N) is 3. The Kier molecular flexibility index (Phi) is 2.74. The average molecular weight is 247 g/mol. The number of rotatable bonds is 1. The van der Waals surface area contributed by atoms with Crippen LogP contribution >= 0.6 is 0 Å². The molecule has 0 saturated carbocycles. The van der Waals surface area contributed by atoms with Gasteiger partial charge in [0.05, 0.1) is 11.2 Å². The summed E-state index contributed by atoms with van der Waals surface area (Å²) in [4.78, 5) is 4.67. The van der Waals surface area contributed by atoms with E-state index in [1.165, 1.54) is 6.07 Å². The van der Waals surface area contributed by atoms with Gasteiger partial charge in [-0.05, 0) is 25.2 Å². The molecule has 1 aromatic heterocycles. The third-order valence-electron chi connectivity index (χ3n) is 3.77. The Labute approximate surface area is 106 Å². The lowest BCUT2D eigenvalue weighted by atomic mass is 10.2. The minimum absolute atomic E-state index is 0.163. The van der Waals surface area contributed by atoms with Crippen LogP contribution in [0.1, 0.15) is 0 Å². The molecule has 96 valence electrons. The summed E-state index contributed by atoms with van der Waals surface area (Å²) in [5.74, 6) is -0.163. The van der Waals surface area contributed by atoms with E-state index >= 15 is 0 Å². The number of piperazine rings is 1. The second-order valence-corrected chi connectivity index (χ2v) is 5.08. The zero-order valence-electron chi connectivity index (χ0n) is 10.9. The number of fused-ring (bicyclic) bond motifs is 1. The Hall–Kier alpha value is -1.55. The van der Waals surface area contributed by atoms with Crippen molar-refractivity contribution in [2.24, 2.45) is 7.05 Å². The highest BCUT2D eigenvalue weighted by Gasteiger charge is 2.18. The van der Waals surface area contributed by atoms with Gasteiger partial charge in [-0.25, -0.2) is 4.39 Å². The largest absolute Gasteiger partial charge is 0.367 e. The van der Waals surface area contributed by atoms with Crippen LogP contribution in [-0.2, 0) is 7.05 Å². The monoisotopic (exact) mass is 247 g/mol. The van der Waals surface area contributed by atoms with Gasteiger partial charge in [0.1, 0.15) is 5.82 Å². The van der Waals surface area contributed by atoms with Gasteiger partial charge in [0.2, 0.25) is 0 Å². The minimum Gasteiger partial charge on any atom is -0.367 e. The maximum absolute atomic E-state index is 13.4. The highest BCUT2D eigenvalue weighted by Crippen LogP contribution is 2.29. The maximum atomic E-state index is 13.4. The lowest BCUT2D eigenvalue weighted by Gasteiger charge is -2.33. The third-order valence-corrected chi connectivity index (χ3v) is 3.77. The molecule has 0 spiro atoms. The fourth-order valence-corrected chi connectivity index (χ4v) is 2.64. The summed E-state index contributed by atoms with van der Waals surface area (Å²) in [6, 6.07) is 5.02. The molecule has 2 heterocycles. The van der Waals surface area contributed by atoms with E-state index in [4.69, 9.17) is 0 Å². The van der Waals surface area contributed by atoms with Crippen molar-refractivity contribution in [1.82, 2.24) is 9.47 Å². The van der Waals surface area contributed by atoms with Crippen molar-refractivity contribution in [2.45, 2.75) is 0 Å². The van der Waals surface area contributed by atoms with Crippen molar-refractivity contribution in [3.05, 3.63) is 30.2 Å². The van der Waals surface area contributed by atoms with E-state index in [0.717, 1.165) is 42.8 Å². The Balaban J connectivity index is 2.03. The van der Waals surface area contributed by atoms with E-state index < -0.39 is 0 Å². The highest BCUT2D eigenvalue weighted by atomic mass is 19.1. The number of hydrogen-bond donors (Lipinski definition) is 0. The number of halogens is 1. The lowest BCUT2D eigenvalue weighted by molar-refractivity contribution is 0.313. The van der Waals surface area contributed by atoms with Crippen molar-refractivity contribution < 1.29 is 4.39 Å². The molecule has 1 aromatic carbocycles. The van der Waals surface area contributed by atoms with Gasteiger partial charge in [0, 0.05) is 44.8 Å². The molecule has 3 rings (SSSR count). The smallest absolute Gasteiger partial charge is 0.124 e. The van der Waals surface area contributed by atoms with Gasteiger partial charge in [-0.15, -0.1) is 0 Å². The zero-order chi connectivity index (χ0) is 12.7. The van der Waals surface area contributed by atoms with Crippen LogP contribution in [0.3, 0.4) is 0 Å². The van der Waals surface area contributed by atoms with Crippen LogP contribution in [0.5, 0.6) is 0 Å². The summed E-state index contributed by atoms with van der Waals surface area (Å²) in [5.41, 5.74) is 2.24. The van der Waals surface area contributed by atoms with Gasteiger partial charge in [-0.2, -0.15) is 0 Å². The molecule has 0 bridgehead atoms. The highest BCUT2D eigenvalue weighted by molar-refractivity contribution is 5.93. The van der Waals surface area contributed by atoms with Crippen LogP contribution in [0.2, 0.25) is 0 Å². The summed E-state index contributed by atoms with van der Waals surface area (Å²) in [6.07, 6.45) is 2.11. The lowest BCUT2D eigenvalue weighted by Crippen LogP contribution is -2.44. The summed E-state index contributed by atoms with van der Waals surface area (Å²) >= 11 is 0. The normalized spacial score (nSPS) is 17.6. The Morgan fingerprint density at radius 1 is 1.06 bits per heavy atom. The molecule has 1 saturated heterocycles. The predicted molar refractivity (Wildman–Crippen MR) is 72.6 cm³/mol. The maximum Gasteiger partial charge on any atom is 0.124 e. The molecule has 0 N–H and O–H groups in total. The first-order valence-corrected chi connectivity index (χ1v) is 6.33. The molecule has 3 nitrogen and oxygen atoms in total. The number of aromatic nitrogens is 1. The average Bonchev–Trinajstić information content (AvgIpc) is 2.67. The summed E-state index contributed by atoms with van der Waals surface area (Å²) in [6.45, 7) is 4.13. The van der Waals surface area contributed by atoms with E-state index in [1.54, 1.807) is 6.07 Å². The molecule has 0 radical (unpaired) electrons. The first-order chi connectivity index (χ1) is 8.65. The van der Waals surface area contributed by atoms with Crippen molar-refractivity contribution in [3.8, 4) is 0 Å². The van der Waals surface area contributed by atoms with E-state index in [2.05, 4.69) is 27.6 Å². The zero-order valence-corrected chi connectivity index (χ0v) is 10.9. The van der Waals surface area contributed by atoms with Crippen LogP contribution in [0.25, 0.3) is 10.9 Å². The first kappa shape index (κ1) is 11.5. The molecule has 1 fully saturated rings. The van der Waals surface area contributed by atoms with Gasteiger partial charge in [-0.3, -0.25) is 0 Å². The second-order valence-electron chi connectivity index (χ2n) is 5.08. The Morgan fingerprint density at radius 2 is 1.78 bits per heavy atom. The molecule has 0 amide bonds. The number of hydrogen-bond acceptors (Lipinski definition) is 2. The third kappa shape index (κ3) is 1.86. The molecule has 18 heavy (non-hydrogen) atoms. The molecule has 0 aliphatic carbocycles. The molecule has 4 heteroatoms. The van der Waals surface area contributed by atoms with Crippen LogP contribution in [-0.4, -0.2) is 42.7 Å². The predicted octanol–water partition coefficient (Wildman–Crippen LogP) is 2.07. The van der Waals surface area contributed by atoms with Gasteiger partial charge >= 0.3 is 0 Å². The molecule has 1 aliphatic heterocycles. The van der Waals surface area contributed by atoms with E-state index in [9.17, 15) is 4.39 Å².